The van der Waals surface area contributed by atoms with Gasteiger partial charge in [-0.1, -0.05) is 11.6 Å². The SMILES string of the molecule is FC(F)=C(F)OSc1ccc(Cl)cc1. The third-order valence-electron chi connectivity index (χ3n) is 1.17. The van der Waals surface area contributed by atoms with E-state index < -0.39 is 12.1 Å². The second-order valence-electron chi connectivity index (χ2n) is 2.15. The molecule has 0 fully saturated rings. The van der Waals surface area contributed by atoms with Crippen LogP contribution in [0.4, 0.5) is 13.2 Å². The van der Waals surface area contributed by atoms with E-state index in [1.54, 1.807) is 12.1 Å². The molecular weight excluding hydrogens is 237 g/mol. The maximum absolute atomic E-state index is 12.2. The van der Waals surface area contributed by atoms with Gasteiger partial charge in [-0.2, -0.15) is 13.2 Å². The quantitative estimate of drug-likeness (QED) is 0.572. The van der Waals surface area contributed by atoms with Gasteiger partial charge in [-0.3, -0.25) is 0 Å². The van der Waals surface area contributed by atoms with Crippen LogP contribution in [0.25, 0.3) is 0 Å². The van der Waals surface area contributed by atoms with Crippen LogP contribution in [0.2, 0.25) is 5.02 Å². The highest BCUT2D eigenvalue weighted by Crippen LogP contribution is 2.26. The number of rotatable bonds is 3. The van der Waals surface area contributed by atoms with Crippen molar-refractivity contribution < 1.29 is 17.4 Å². The van der Waals surface area contributed by atoms with Crippen LogP contribution in [0, 0.1) is 0 Å². The minimum absolute atomic E-state index is 0.478. The second-order valence-corrected chi connectivity index (χ2v) is 3.40. The van der Waals surface area contributed by atoms with Crippen LogP contribution in [0.1, 0.15) is 0 Å². The van der Waals surface area contributed by atoms with Crippen LogP contribution in [-0.2, 0) is 4.18 Å². The predicted molar refractivity (Wildman–Crippen MR) is 48.7 cm³/mol. The standard InChI is InChI=1S/C8H4ClF3OS/c9-5-1-3-6(4-2-5)14-13-8(12)7(10)11/h1-4H. The monoisotopic (exact) mass is 240 g/mol. The molecule has 1 rings (SSSR count). The first-order valence-electron chi connectivity index (χ1n) is 3.40. The Morgan fingerprint density at radius 1 is 1.14 bits per heavy atom. The van der Waals surface area contributed by atoms with Gasteiger partial charge in [-0.25, -0.2) is 0 Å². The van der Waals surface area contributed by atoms with E-state index in [9.17, 15) is 13.2 Å². The molecule has 0 aromatic heterocycles. The fourth-order valence-electron chi connectivity index (χ4n) is 0.606. The molecule has 0 heterocycles. The van der Waals surface area contributed by atoms with Gasteiger partial charge in [-0.15, -0.1) is 0 Å². The van der Waals surface area contributed by atoms with Gasteiger partial charge in [0.15, 0.2) is 0 Å². The van der Waals surface area contributed by atoms with Crippen molar-refractivity contribution in [3.63, 3.8) is 0 Å². The van der Waals surface area contributed by atoms with Gasteiger partial charge >= 0.3 is 12.1 Å². The lowest BCUT2D eigenvalue weighted by atomic mass is 10.4. The molecule has 0 saturated heterocycles. The molecule has 1 nitrogen and oxygen atoms in total. The molecule has 0 N–H and O–H groups in total. The topological polar surface area (TPSA) is 9.23 Å². The Kier molecular flexibility index (Phi) is 4.16. The third-order valence-corrected chi connectivity index (χ3v) is 2.12. The molecule has 0 bridgehead atoms. The van der Waals surface area contributed by atoms with Crippen LogP contribution in [0.3, 0.4) is 0 Å². The number of halogens is 4. The van der Waals surface area contributed by atoms with Crippen molar-refractivity contribution >= 4 is 23.6 Å². The zero-order valence-electron chi connectivity index (χ0n) is 6.64. The van der Waals surface area contributed by atoms with Crippen molar-refractivity contribution in [2.75, 3.05) is 0 Å². The molecule has 0 spiro atoms. The van der Waals surface area contributed by atoms with E-state index in [0.717, 1.165) is 0 Å². The molecule has 6 heteroatoms. The lowest BCUT2D eigenvalue weighted by Crippen LogP contribution is -1.78. The van der Waals surface area contributed by atoms with E-state index in [2.05, 4.69) is 4.18 Å². The molecular formula is C8H4ClF3OS. The molecule has 0 saturated carbocycles. The van der Waals surface area contributed by atoms with Crippen LogP contribution < -0.4 is 0 Å². The molecule has 0 amide bonds. The Balaban J connectivity index is 2.54. The smallest absolute Gasteiger partial charge is 0.351 e. The summed E-state index contributed by atoms with van der Waals surface area (Å²) in [5.74, 6) is 0. The summed E-state index contributed by atoms with van der Waals surface area (Å²) < 4.78 is 39.3. The summed E-state index contributed by atoms with van der Waals surface area (Å²) >= 11 is 6.07. The molecule has 1 aromatic carbocycles. The van der Waals surface area contributed by atoms with Crippen molar-refractivity contribution in [2.45, 2.75) is 4.90 Å². The lowest BCUT2D eigenvalue weighted by Gasteiger charge is -1.99. The highest BCUT2D eigenvalue weighted by atomic mass is 35.5. The largest absolute Gasteiger partial charge is 0.387 e. The molecule has 14 heavy (non-hydrogen) atoms. The molecule has 76 valence electrons. The first kappa shape index (κ1) is 11.3. The third kappa shape index (κ3) is 3.51. The summed E-state index contributed by atoms with van der Waals surface area (Å²) in [4.78, 5) is 0.478. The lowest BCUT2D eigenvalue weighted by molar-refractivity contribution is 0.266. The summed E-state index contributed by atoms with van der Waals surface area (Å²) in [6, 6.07) is 4.25. The molecule has 0 aliphatic rings. The molecule has 1 aromatic rings. The summed E-state index contributed by atoms with van der Waals surface area (Å²) in [6.07, 6.45) is -2.48. The Bertz CT molecular complexity index is 335. The Morgan fingerprint density at radius 2 is 1.71 bits per heavy atom. The number of benzene rings is 1. The van der Waals surface area contributed by atoms with Gasteiger partial charge in [0.25, 0.3) is 0 Å². The summed E-state index contributed by atoms with van der Waals surface area (Å²) in [7, 11) is 0. The number of hydrogen-bond donors (Lipinski definition) is 0. The van der Waals surface area contributed by atoms with Crippen molar-refractivity contribution in [3.8, 4) is 0 Å². The minimum atomic E-state index is -2.48. The highest BCUT2D eigenvalue weighted by Gasteiger charge is 2.07. The maximum atomic E-state index is 12.2. The molecule has 0 aliphatic carbocycles. The van der Waals surface area contributed by atoms with E-state index in [4.69, 9.17) is 11.6 Å². The summed E-state index contributed by atoms with van der Waals surface area (Å²) in [5, 5.41) is 0.502. The van der Waals surface area contributed by atoms with E-state index in [1.165, 1.54) is 12.1 Å². The Hall–Kier alpha value is -0.810. The van der Waals surface area contributed by atoms with Crippen molar-refractivity contribution in [1.29, 1.82) is 0 Å². The highest BCUT2D eigenvalue weighted by molar-refractivity contribution is 7.94. The van der Waals surface area contributed by atoms with Gasteiger partial charge in [0.2, 0.25) is 0 Å². The Morgan fingerprint density at radius 3 is 2.21 bits per heavy atom. The van der Waals surface area contributed by atoms with Crippen LogP contribution in [0.15, 0.2) is 41.3 Å². The van der Waals surface area contributed by atoms with Crippen molar-refractivity contribution in [1.82, 2.24) is 0 Å². The van der Waals surface area contributed by atoms with Gasteiger partial charge < -0.3 is 4.18 Å². The predicted octanol–water partition coefficient (Wildman–Crippen LogP) is 4.40. The van der Waals surface area contributed by atoms with E-state index >= 15 is 0 Å². The minimum Gasteiger partial charge on any atom is -0.387 e. The van der Waals surface area contributed by atoms with Gasteiger partial charge in [0.1, 0.15) is 0 Å². The fraction of sp³-hybridized carbons (Fsp3) is 0. The summed E-state index contributed by atoms with van der Waals surface area (Å²) in [5.41, 5.74) is 0. The van der Waals surface area contributed by atoms with Crippen molar-refractivity contribution in [2.24, 2.45) is 0 Å². The van der Waals surface area contributed by atoms with E-state index in [1.807, 2.05) is 0 Å². The first-order chi connectivity index (χ1) is 6.59. The number of hydrogen-bond acceptors (Lipinski definition) is 2. The van der Waals surface area contributed by atoms with Gasteiger partial charge in [0.05, 0.1) is 12.0 Å². The molecule has 0 aliphatic heterocycles. The van der Waals surface area contributed by atoms with E-state index in [-0.39, 0.29) is 0 Å². The zero-order chi connectivity index (χ0) is 10.6. The van der Waals surface area contributed by atoms with Crippen LogP contribution >= 0.6 is 23.6 Å². The molecule has 0 unspecified atom stereocenters. The summed E-state index contributed by atoms with van der Waals surface area (Å²) in [6.45, 7) is 0. The van der Waals surface area contributed by atoms with Gasteiger partial charge in [-0.05, 0) is 24.3 Å². The second kappa shape index (κ2) is 5.17. The average molecular weight is 241 g/mol. The van der Waals surface area contributed by atoms with Crippen LogP contribution in [-0.4, -0.2) is 0 Å². The fourth-order valence-corrected chi connectivity index (χ4v) is 1.21. The van der Waals surface area contributed by atoms with Crippen LogP contribution in [0.5, 0.6) is 0 Å². The average Bonchev–Trinajstić information content (AvgIpc) is 2.16. The first-order valence-corrected chi connectivity index (χ1v) is 4.52. The molecule has 0 atom stereocenters. The normalized spacial score (nSPS) is 9.71. The van der Waals surface area contributed by atoms with E-state index in [0.29, 0.717) is 22.0 Å². The maximum Gasteiger partial charge on any atom is 0.351 e. The Labute approximate surface area is 87.7 Å². The zero-order valence-corrected chi connectivity index (χ0v) is 8.21. The van der Waals surface area contributed by atoms with Gasteiger partial charge in [0, 0.05) is 9.92 Å². The molecule has 0 radical (unpaired) electrons. The van der Waals surface area contributed by atoms with Crippen molar-refractivity contribution in [3.05, 3.63) is 41.4 Å².